The van der Waals surface area contributed by atoms with E-state index in [0.29, 0.717) is 6.42 Å². The van der Waals surface area contributed by atoms with Gasteiger partial charge in [0.15, 0.2) is 0 Å². The number of hydrogen-bond acceptors (Lipinski definition) is 1. The highest BCUT2D eigenvalue weighted by atomic mass is 16.1. The first kappa shape index (κ1) is 16.9. The molecular weight excluding hydrogens is 220 g/mol. The normalized spacial score (nSPS) is 13.9. The zero-order chi connectivity index (χ0) is 14.0. The molecule has 0 saturated carbocycles. The van der Waals surface area contributed by atoms with Crippen LogP contribution in [0.3, 0.4) is 0 Å². The molecule has 102 valence electrons. The molecule has 1 heteroatoms. The van der Waals surface area contributed by atoms with E-state index in [1.165, 1.54) is 16.7 Å². The molecule has 0 amide bonds. The summed E-state index contributed by atoms with van der Waals surface area (Å²) in [6, 6.07) is 0. The Morgan fingerprint density at radius 3 is 2.06 bits per heavy atom. The molecule has 0 aromatic rings. The fourth-order valence-corrected chi connectivity index (χ4v) is 1.72. The van der Waals surface area contributed by atoms with E-state index in [-0.39, 0.29) is 5.78 Å². The smallest absolute Gasteiger partial charge is 0.133 e. The third-order valence-electron chi connectivity index (χ3n) is 3.05. The maximum absolute atomic E-state index is 10.9. The number of ketones is 1. The number of carbonyl (C=O) groups is 1. The van der Waals surface area contributed by atoms with Crippen molar-refractivity contribution in [2.45, 2.75) is 66.7 Å². The quantitative estimate of drug-likeness (QED) is 0.527. The zero-order valence-electron chi connectivity index (χ0n) is 12.7. The Hall–Kier alpha value is -1.11. The fraction of sp³-hybridized carbons (Fsp3) is 0.588. The highest BCUT2D eigenvalue weighted by molar-refractivity contribution is 5.77. The summed E-state index contributed by atoms with van der Waals surface area (Å²) in [5.74, 6) is 0.240. The molecule has 0 atom stereocenters. The molecule has 18 heavy (non-hydrogen) atoms. The first-order valence-corrected chi connectivity index (χ1v) is 6.92. The Morgan fingerprint density at radius 1 is 0.889 bits per heavy atom. The molecule has 0 unspecified atom stereocenters. The topological polar surface area (TPSA) is 17.1 Å². The Morgan fingerprint density at radius 2 is 1.50 bits per heavy atom. The standard InChI is InChI=1S/C17H28O/c1-6-14(2)9-7-10-15(3)11-8-12-16(4)13-17(5)18/h9,11-12H,6-8,10,13H2,1-5H3/b14-9+,15-11+,16-12+. The largest absolute Gasteiger partial charge is 0.300 e. The van der Waals surface area contributed by atoms with Crippen molar-refractivity contribution in [1.82, 2.24) is 0 Å². The second-order valence-corrected chi connectivity index (χ2v) is 5.16. The Bertz CT molecular complexity index is 343. The summed E-state index contributed by atoms with van der Waals surface area (Å²) < 4.78 is 0. The molecule has 0 aliphatic heterocycles. The van der Waals surface area contributed by atoms with Crippen LogP contribution in [0, 0.1) is 0 Å². The minimum atomic E-state index is 0.240. The third kappa shape index (κ3) is 10.1. The monoisotopic (exact) mass is 248 g/mol. The third-order valence-corrected chi connectivity index (χ3v) is 3.05. The van der Waals surface area contributed by atoms with E-state index in [0.717, 1.165) is 25.7 Å². The molecule has 0 aliphatic carbocycles. The number of allylic oxidation sites excluding steroid dienone is 6. The van der Waals surface area contributed by atoms with Crippen molar-refractivity contribution in [1.29, 1.82) is 0 Å². The molecule has 1 nitrogen and oxygen atoms in total. The van der Waals surface area contributed by atoms with Crippen LogP contribution >= 0.6 is 0 Å². The van der Waals surface area contributed by atoms with Crippen LogP contribution in [-0.2, 0) is 4.79 Å². The summed E-state index contributed by atoms with van der Waals surface area (Å²) in [6.07, 6.45) is 11.7. The predicted molar refractivity (Wildman–Crippen MR) is 80.7 cm³/mol. The molecule has 0 spiro atoms. The molecule has 0 aliphatic rings. The molecule has 0 saturated heterocycles. The molecule has 0 heterocycles. The lowest BCUT2D eigenvalue weighted by atomic mass is 10.1. The predicted octanol–water partition coefficient (Wildman–Crippen LogP) is 5.38. The van der Waals surface area contributed by atoms with Gasteiger partial charge in [0.1, 0.15) is 5.78 Å². The summed E-state index contributed by atoms with van der Waals surface area (Å²) in [5.41, 5.74) is 4.08. The van der Waals surface area contributed by atoms with Crippen LogP contribution in [0.15, 0.2) is 34.9 Å². The van der Waals surface area contributed by atoms with Crippen molar-refractivity contribution in [3.63, 3.8) is 0 Å². The average Bonchev–Trinajstić information content (AvgIpc) is 2.27. The number of Topliss-reactive ketones (excluding diaryl/α,β-unsaturated/α-hetero) is 1. The lowest BCUT2D eigenvalue weighted by Crippen LogP contribution is -1.89. The molecule has 0 radical (unpaired) electrons. The van der Waals surface area contributed by atoms with E-state index in [1.807, 2.05) is 6.92 Å². The van der Waals surface area contributed by atoms with Gasteiger partial charge in [-0.15, -0.1) is 0 Å². The van der Waals surface area contributed by atoms with Crippen LogP contribution in [0.2, 0.25) is 0 Å². The van der Waals surface area contributed by atoms with Gasteiger partial charge < -0.3 is 0 Å². The lowest BCUT2D eigenvalue weighted by molar-refractivity contribution is -0.116. The van der Waals surface area contributed by atoms with Gasteiger partial charge in [-0.2, -0.15) is 0 Å². The van der Waals surface area contributed by atoms with E-state index in [2.05, 4.69) is 39.0 Å². The minimum absolute atomic E-state index is 0.240. The van der Waals surface area contributed by atoms with Crippen LogP contribution in [-0.4, -0.2) is 5.78 Å². The van der Waals surface area contributed by atoms with Crippen LogP contribution in [0.1, 0.15) is 66.7 Å². The van der Waals surface area contributed by atoms with Crippen molar-refractivity contribution in [3.05, 3.63) is 34.9 Å². The van der Waals surface area contributed by atoms with Crippen molar-refractivity contribution >= 4 is 5.78 Å². The highest BCUT2D eigenvalue weighted by Gasteiger charge is 1.94. The van der Waals surface area contributed by atoms with E-state index in [1.54, 1.807) is 6.92 Å². The van der Waals surface area contributed by atoms with Gasteiger partial charge in [-0.25, -0.2) is 0 Å². The first-order valence-electron chi connectivity index (χ1n) is 6.92. The van der Waals surface area contributed by atoms with Crippen molar-refractivity contribution in [3.8, 4) is 0 Å². The van der Waals surface area contributed by atoms with Crippen LogP contribution in [0.4, 0.5) is 0 Å². The fourth-order valence-electron chi connectivity index (χ4n) is 1.72. The Balaban J connectivity index is 4.01. The van der Waals surface area contributed by atoms with Gasteiger partial charge in [-0.05, 0) is 53.4 Å². The molecule has 0 aromatic carbocycles. The second-order valence-electron chi connectivity index (χ2n) is 5.16. The van der Waals surface area contributed by atoms with Gasteiger partial charge in [-0.3, -0.25) is 4.79 Å². The molecule has 0 aromatic heterocycles. The van der Waals surface area contributed by atoms with Gasteiger partial charge in [0.25, 0.3) is 0 Å². The molecule has 0 bridgehead atoms. The van der Waals surface area contributed by atoms with E-state index < -0.39 is 0 Å². The van der Waals surface area contributed by atoms with Crippen LogP contribution < -0.4 is 0 Å². The number of rotatable bonds is 8. The summed E-state index contributed by atoms with van der Waals surface area (Å²) in [7, 11) is 0. The van der Waals surface area contributed by atoms with Gasteiger partial charge >= 0.3 is 0 Å². The number of carbonyl (C=O) groups excluding carboxylic acids is 1. The van der Waals surface area contributed by atoms with Crippen molar-refractivity contribution in [2.24, 2.45) is 0 Å². The van der Waals surface area contributed by atoms with Gasteiger partial charge in [0.2, 0.25) is 0 Å². The average molecular weight is 248 g/mol. The Labute approximate surface area is 113 Å². The van der Waals surface area contributed by atoms with Crippen molar-refractivity contribution < 1.29 is 4.79 Å². The number of hydrogen-bond donors (Lipinski definition) is 0. The van der Waals surface area contributed by atoms with Crippen molar-refractivity contribution in [2.75, 3.05) is 0 Å². The van der Waals surface area contributed by atoms with Gasteiger partial charge in [0, 0.05) is 6.42 Å². The SMILES string of the molecule is CC/C(C)=C/CC/C(C)=C/C/C=C(\C)CC(C)=O. The van der Waals surface area contributed by atoms with Crippen LogP contribution in [0.5, 0.6) is 0 Å². The van der Waals surface area contributed by atoms with E-state index in [4.69, 9.17) is 0 Å². The maximum atomic E-state index is 10.9. The zero-order valence-corrected chi connectivity index (χ0v) is 12.7. The molecular formula is C17H28O. The second kappa shape index (κ2) is 9.87. The summed E-state index contributed by atoms with van der Waals surface area (Å²) in [6.45, 7) is 10.2. The minimum Gasteiger partial charge on any atom is -0.300 e. The van der Waals surface area contributed by atoms with E-state index in [9.17, 15) is 4.79 Å². The van der Waals surface area contributed by atoms with Crippen LogP contribution in [0.25, 0.3) is 0 Å². The summed E-state index contributed by atoms with van der Waals surface area (Å²) >= 11 is 0. The van der Waals surface area contributed by atoms with Gasteiger partial charge in [-0.1, -0.05) is 41.9 Å². The van der Waals surface area contributed by atoms with E-state index >= 15 is 0 Å². The first-order chi connectivity index (χ1) is 8.45. The molecule has 0 fully saturated rings. The molecule has 0 rings (SSSR count). The molecule has 0 N–H and O–H groups in total. The Kier molecular flexibility index (Phi) is 9.26. The summed E-state index contributed by atoms with van der Waals surface area (Å²) in [4.78, 5) is 10.9. The highest BCUT2D eigenvalue weighted by Crippen LogP contribution is 2.10. The summed E-state index contributed by atoms with van der Waals surface area (Å²) in [5, 5.41) is 0. The maximum Gasteiger partial charge on any atom is 0.133 e. The van der Waals surface area contributed by atoms with Gasteiger partial charge in [0.05, 0.1) is 0 Å². The lowest BCUT2D eigenvalue weighted by Gasteiger charge is -2.00.